The van der Waals surface area contributed by atoms with Crippen LogP contribution in [0.3, 0.4) is 0 Å². The van der Waals surface area contributed by atoms with Crippen molar-refractivity contribution in [1.29, 1.82) is 0 Å². The first-order valence-electron chi connectivity index (χ1n) is 3.99. The van der Waals surface area contributed by atoms with Crippen LogP contribution in [0.1, 0.15) is 12.5 Å². The van der Waals surface area contributed by atoms with Gasteiger partial charge < -0.3 is 4.74 Å². The van der Waals surface area contributed by atoms with Gasteiger partial charge in [-0.1, -0.05) is 0 Å². The molecule has 0 aromatic carbocycles. The Labute approximate surface area is 70.9 Å². The lowest BCUT2D eigenvalue weighted by Crippen LogP contribution is -2.08. The van der Waals surface area contributed by atoms with Gasteiger partial charge in [-0.3, -0.25) is 9.67 Å². The number of nitrogens with zero attached hydrogens (tertiary/aromatic N) is 3. The number of aromatic nitrogens is 2. The molecule has 2 heterocycles. The maximum absolute atomic E-state index is 5.25. The van der Waals surface area contributed by atoms with Gasteiger partial charge in [-0.2, -0.15) is 5.10 Å². The zero-order valence-electron chi connectivity index (χ0n) is 6.81. The van der Waals surface area contributed by atoms with Crippen LogP contribution >= 0.6 is 0 Å². The van der Waals surface area contributed by atoms with Gasteiger partial charge in [0.25, 0.3) is 0 Å². The van der Waals surface area contributed by atoms with Crippen LogP contribution < -0.4 is 0 Å². The molecule has 1 fully saturated rings. The molecule has 2 rings (SSSR count). The van der Waals surface area contributed by atoms with E-state index in [1.54, 1.807) is 6.20 Å². The SMILES string of the molecule is C=Nc1cnn([C@@H]2CCOC2)c1. The second-order valence-corrected chi connectivity index (χ2v) is 2.85. The summed E-state index contributed by atoms with van der Waals surface area (Å²) in [5.74, 6) is 0. The highest BCUT2D eigenvalue weighted by Crippen LogP contribution is 2.20. The number of rotatable bonds is 2. The molecule has 0 bridgehead atoms. The van der Waals surface area contributed by atoms with Gasteiger partial charge in [0.1, 0.15) is 5.69 Å². The Morgan fingerprint density at radius 1 is 1.75 bits per heavy atom. The third kappa shape index (κ3) is 1.25. The van der Waals surface area contributed by atoms with E-state index in [9.17, 15) is 0 Å². The van der Waals surface area contributed by atoms with Gasteiger partial charge >= 0.3 is 0 Å². The molecular weight excluding hydrogens is 154 g/mol. The topological polar surface area (TPSA) is 39.4 Å². The van der Waals surface area contributed by atoms with Crippen LogP contribution in [0.4, 0.5) is 5.69 Å². The van der Waals surface area contributed by atoms with Gasteiger partial charge in [-0.25, -0.2) is 0 Å². The Balaban J connectivity index is 2.16. The smallest absolute Gasteiger partial charge is 0.100 e. The molecule has 1 aliphatic heterocycles. The molecule has 0 saturated carbocycles. The van der Waals surface area contributed by atoms with Crippen molar-refractivity contribution in [2.75, 3.05) is 13.2 Å². The van der Waals surface area contributed by atoms with Gasteiger partial charge in [-0.15, -0.1) is 0 Å². The monoisotopic (exact) mass is 165 g/mol. The first-order valence-corrected chi connectivity index (χ1v) is 3.99. The van der Waals surface area contributed by atoms with Crippen molar-refractivity contribution in [2.24, 2.45) is 4.99 Å². The lowest BCUT2D eigenvalue weighted by Gasteiger charge is -2.06. The molecule has 0 aliphatic carbocycles. The van der Waals surface area contributed by atoms with E-state index in [1.165, 1.54) is 0 Å². The van der Waals surface area contributed by atoms with Crippen molar-refractivity contribution in [2.45, 2.75) is 12.5 Å². The summed E-state index contributed by atoms with van der Waals surface area (Å²) in [6.45, 7) is 5.03. The highest BCUT2D eigenvalue weighted by Gasteiger charge is 2.17. The fourth-order valence-electron chi connectivity index (χ4n) is 1.34. The molecular formula is C8H11N3O. The van der Waals surface area contributed by atoms with E-state index in [0.717, 1.165) is 25.3 Å². The van der Waals surface area contributed by atoms with Crippen molar-refractivity contribution in [1.82, 2.24) is 9.78 Å². The molecule has 4 heteroatoms. The highest BCUT2D eigenvalue weighted by molar-refractivity contribution is 5.41. The molecule has 1 aliphatic rings. The molecule has 1 saturated heterocycles. The Bertz CT molecular complexity index is 276. The van der Waals surface area contributed by atoms with Crippen LogP contribution in [-0.2, 0) is 4.74 Å². The van der Waals surface area contributed by atoms with E-state index in [-0.39, 0.29) is 0 Å². The molecule has 0 amide bonds. The standard InChI is InChI=1S/C8H11N3O/c1-9-7-4-10-11(5-7)8-2-3-12-6-8/h4-5,8H,1-3,6H2/t8-/m1/s1. The Morgan fingerprint density at radius 2 is 2.67 bits per heavy atom. The lowest BCUT2D eigenvalue weighted by atomic mass is 10.3. The summed E-state index contributed by atoms with van der Waals surface area (Å²) in [6.07, 6.45) is 4.65. The molecule has 1 aromatic heterocycles. The number of aliphatic imine (C=N–C) groups is 1. The van der Waals surface area contributed by atoms with Crippen LogP contribution in [0, 0.1) is 0 Å². The summed E-state index contributed by atoms with van der Waals surface area (Å²) in [5.41, 5.74) is 0.821. The summed E-state index contributed by atoms with van der Waals surface area (Å²) in [4.78, 5) is 3.79. The summed E-state index contributed by atoms with van der Waals surface area (Å²) in [6, 6.07) is 0.389. The average Bonchev–Trinajstić information content (AvgIpc) is 2.75. The van der Waals surface area contributed by atoms with Crippen molar-refractivity contribution in [3.63, 3.8) is 0 Å². The first kappa shape index (κ1) is 7.49. The number of hydrogen-bond donors (Lipinski definition) is 0. The summed E-state index contributed by atoms with van der Waals surface area (Å²) in [7, 11) is 0. The zero-order chi connectivity index (χ0) is 8.39. The molecule has 0 radical (unpaired) electrons. The maximum Gasteiger partial charge on any atom is 0.100 e. The predicted molar refractivity (Wildman–Crippen MR) is 45.9 cm³/mol. The quantitative estimate of drug-likeness (QED) is 0.617. The van der Waals surface area contributed by atoms with E-state index in [4.69, 9.17) is 4.74 Å². The molecule has 12 heavy (non-hydrogen) atoms. The molecule has 0 spiro atoms. The zero-order valence-corrected chi connectivity index (χ0v) is 6.81. The van der Waals surface area contributed by atoms with E-state index >= 15 is 0 Å². The fourth-order valence-corrected chi connectivity index (χ4v) is 1.34. The normalized spacial score (nSPS) is 22.8. The molecule has 1 atom stereocenters. The van der Waals surface area contributed by atoms with Crippen LogP contribution in [-0.4, -0.2) is 29.7 Å². The van der Waals surface area contributed by atoms with Crippen molar-refractivity contribution >= 4 is 12.4 Å². The van der Waals surface area contributed by atoms with Crippen LogP contribution in [0.25, 0.3) is 0 Å². The van der Waals surface area contributed by atoms with Gasteiger partial charge in [0.15, 0.2) is 0 Å². The minimum Gasteiger partial charge on any atom is -0.379 e. The van der Waals surface area contributed by atoms with Gasteiger partial charge in [0, 0.05) is 6.61 Å². The second-order valence-electron chi connectivity index (χ2n) is 2.85. The first-order chi connectivity index (χ1) is 5.90. The fraction of sp³-hybridized carbons (Fsp3) is 0.500. The van der Waals surface area contributed by atoms with Gasteiger partial charge in [0.05, 0.1) is 25.0 Å². The van der Waals surface area contributed by atoms with Crippen molar-refractivity contribution in [3.05, 3.63) is 12.4 Å². The summed E-state index contributed by atoms with van der Waals surface area (Å²) >= 11 is 0. The second kappa shape index (κ2) is 3.06. The molecule has 0 unspecified atom stereocenters. The van der Waals surface area contributed by atoms with E-state index < -0.39 is 0 Å². The maximum atomic E-state index is 5.25. The van der Waals surface area contributed by atoms with E-state index in [1.807, 2.05) is 10.9 Å². The van der Waals surface area contributed by atoms with Gasteiger partial charge in [-0.05, 0) is 13.1 Å². The Hall–Kier alpha value is -1.16. The largest absolute Gasteiger partial charge is 0.379 e. The third-order valence-electron chi connectivity index (χ3n) is 2.05. The van der Waals surface area contributed by atoms with E-state index in [0.29, 0.717) is 6.04 Å². The minimum absolute atomic E-state index is 0.389. The van der Waals surface area contributed by atoms with Crippen molar-refractivity contribution < 1.29 is 4.74 Å². The lowest BCUT2D eigenvalue weighted by molar-refractivity contribution is 0.184. The number of ether oxygens (including phenoxy) is 1. The van der Waals surface area contributed by atoms with Gasteiger partial charge in [0.2, 0.25) is 0 Å². The Morgan fingerprint density at radius 3 is 3.25 bits per heavy atom. The van der Waals surface area contributed by atoms with E-state index in [2.05, 4.69) is 16.8 Å². The predicted octanol–water partition coefficient (Wildman–Crippen LogP) is 1.18. The third-order valence-corrected chi connectivity index (χ3v) is 2.05. The summed E-state index contributed by atoms with van der Waals surface area (Å²) < 4.78 is 7.15. The minimum atomic E-state index is 0.389. The Kier molecular flexibility index (Phi) is 1.91. The highest BCUT2D eigenvalue weighted by atomic mass is 16.5. The summed E-state index contributed by atoms with van der Waals surface area (Å²) in [5, 5.41) is 4.17. The van der Waals surface area contributed by atoms with Crippen LogP contribution in [0.2, 0.25) is 0 Å². The van der Waals surface area contributed by atoms with Crippen LogP contribution in [0.15, 0.2) is 17.4 Å². The average molecular weight is 165 g/mol. The number of hydrogen-bond acceptors (Lipinski definition) is 3. The molecule has 1 aromatic rings. The van der Waals surface area contributed by atoms with Crippen LogP contribution in [0.5, 0.6) is 0 Å². The molecule has 64 valence electrons. The molecule has 0 N–H and O–H groups in total. The van der Waals surface area contributed by atoms with Crippen molar-refractivity contribution in [3.8, 4) is 0 Å². The molecule has 4 nitrogen and oxygen atoms in total.